The first kappa shape index (κ1) is 11.0. The van der Waals surface area contributed by atoms with Crippen LogP contribution >= 0.6 is 0 Å². The molecule has 1 aliphatic rings. The minimum Gasteiger partial charge on any atom is -0.388 e. The second kappa shape index (κ2) is 4.42. The molecule has 3 atom stereocenters. The summed E-state index contributed by atoms with van der Waals surface area (Å²) in [6, 6.07) is -0.738. The first-order valence-electron chi connectivity index (χ1n) is 4.40. The molecule has 0 spiro atoms. The molecule has 0 aromatic heterocycles. The van der Waals surface area contributed by atoms with Gasteiger partial charge in [-0.2, -0.15) is 0 Å². The first-order valence-corrected chi connectivity index (χ1v) is 4.40. The van der Waals surface area contributed by atoms with E-state index in [-0.39, 0.29) is 25.4 Å². The third-order valence-electron chi connectivity index (χ3n) is 2.23. The fourth-order valence-corrected chi connectivity index (χ4v) is 1.40. The summed E-state index contributed by atoms with van der Waals surface area (Å²) in [7, 11) is 0. The molecular weight excluding hydrogens is 184 g/mol. The zero-order valence-corrected chi connectivity index (χ0v) is 7.76. The Hall–Kier alpha value is -1.09. The molecule has 0 aliphatic carbocycles. The molecule has 1 heterocycles. The van der Waals surface area contributed by atoms with E-state index in [4.69, 9.17) is 12.2 Å². The van der Waals surface area contributed by atoms with Crippen LogP contribution < -0.4 is 5.73 Å². The van der Waals surface area contributed by atoms with Crippen LogP contribution in [0.5, 0.6) is 0 Å². The van der Waals surface area contributed by atoms with Gasteiger partial charge in [-0.15, -0.1) is 12.3 Å². The maximum Gasteiger partial charge on any atom is 0.240 e. The third-order valence-corrected chi connectivity index (χ3v) is 2.23. The fourth-order valence-electron chi connectivity index (χ4n) is 1.40. The van der Waals surface area contributed by atoms with E-state index in [0.29, 0.717) is 0 Å². The fraction of sp³-hybridized carbons (Fsp3) is 0.667. The van der Waals surface area contributed by atoms with Crippen molar-refractivity contribution >= 4 is 5.91 Å². The molecule has 0 aromatic carbocycles. The molecule has 0 bridgehead atoms. The van der Waals surface area contributed by atoms with E-state index in [9.17, 15) is 15.0 Å². The van der Waals surface area contributed by atoms with Crippen LogP contribution in [-0.2, 0) is 4.79 Å². The van der Waals surface area contributed by atoms with Gasteiger partial charge in [-0.3, -0.25) is 4.79 Å². The maximum absolute atomic E-state index is 11.5. The number of terminal acetylenes is 1. The Morgan fingerprint density at radius 1 is 1.57 bits per heavy atom. The van der Waals surface area contributed by atoms with Gasteiger partial charge in [-0.05, 0) is 0 Å². The van der Waals surface area contributed by atoms with Crippen molar-refractivity contribution in [2.24, 2.45) is 5.73 Å². The topological polar surface area (TPSA) is 86.8 Å². The third kappa shape index (κ3) is 2.23. The van der Waals surface area contributed by atoms with Crippen molar-refractivity contribution in [1.82, 2.24) is 4.90 Å². The molecule has 1 rings (SSSR count). The van der Waals surface area contributed by atoms with E-state index in [1.54, 1.807) is 0 Å². The van der Waals surface area contributed by atoms with Crippen LogP contribution in [-0.4, -0.2) is 52.4 Å². The monoisotopic (exact) mass is 198 g/mol. The normalized spacial score (nSPS) is 28.6. The Morgan fingerprint density at radius 2 is 2.07 bits per heavy atom. The number of aliphatic hydroxyl groups is 2. The lowest BCUT2D eigenvalue weighted by molar-refractivity contribution is -0.131. The molecule has 5 nitrogen and oxygen atoms in total. The molecule has 1 amide bonds. The van der Waals surface area contributed by atoms with Gasteiger partial charge in [0.05, 0.1) is 18.2 Å². The summed E-state index contributed by atoms with van der Waals surface area (Å²) in [5.41, 5.74) is 5.50. The van der Waals surface area contributed by atoms with Crippen molar-refractivity contribution in [1.29, 1.82) is 0 Å². The number of rotatable bonds is 2. The molecule has 1 fully saturated rings. The molecule has 0 radical (unpaired) electrons. The number of nitrogens with zero attached hydrogens (tertiary/aromatic N) is 1. The number of hydrogen-bond donors (Lipinski definition) is 3. The molecule has 78 valence electrons. The lowest BCUT2D eigenvalue weighted by atomic mass is 10.2. The Kier molecular flexibility index (Phi) is 3.47. The minimum absolute atomic E-state index is 0.123. The van der Waals surface area contributed by atoms with Gasteiger partial charge in [-0.1, -0.05) is 0 Å². The number of hydrogen-bond acceptors (Lipinski definition) is 4. The Bertz CT molecular complexity index is 251. The largest absolute Gasteiger partial charge is 0.388 e. The summed E-state index contributed by atoms with van der Waals surface area (Å²) < 4.78 is 0. The predicted octanol–water partition coefficient (Wildman–Crippen LogP) is -2.10. The maximum atomic E-state index is 11.5. The number of nitrogens with two attached hydrogens (primary N) is 1. The number of carbonyl (C=O) groups excluding carboxylic acids is 1. The summed E-state index contributed by atoms with van der Waals surface area (Å²) in [5.74, 6) is 1.98. The average molecular weight is 198 g/mol. The highest BCUT2D eigenvalue weighted by molar-refractivity contribution is 5.82. The number of aliphatic hydroxyl groups excluding tert-OH is 2. The van der Waals surface area contributed by atoms with E-state index in [0.717, 1.165) is 0 Å². The number of carbonyl (C=O) groups is 1. The van der Waals surface area contributed by atoms with E-state index < -0.39 is 18.2 Å². The summed E-state index contributed by atoms with van der Waals surface area (Å²) in [6.07, 6.45) is 3.43. The second-order valence-electron chi connectivity index (χ2n) is 3.39. The van der Waals surface area contributed by atoms with Crippen LogP contribution in [0.2, 0.25) is 0 Å². The summed E-state index contributed by atoms with van der Waals surface area (Å²) in [4.78, 5) is 12.8. The standard InChI is InChI=1S/C9H14N2O3/c1-2-3-6(10)9(14)11-4-7(12)8(13)5-11/h1,6-8,12-13H,3-5,10H2. The van der Waals surface area contributed by atoms with Crippen molar-refractivity contribution in [2.75, 3.05) is 13.1 Å². The summed E-state index contributed by atoms with van der Waals surface area (Å²) >= 11 is 0. The minimum atomic E-state index is -0.878. The van der Waals surface area contributed by atoms with Gasteiger partial charge < -0.3 is 20.8 Å². The van der Waals surface area contributed by atoms with Gasteiger partial charge in [0.1, 0.15) is 0 Å². The van der Waals surface area contributed by atoms with E-state index >= 15 is 0 Å². The Labute approximate surface area is 82.5 Å². The highest BCUT2D eigenvalue weighted by Crippen LogP contribution is 2.11. The Balaban J connectivity index is 2.51. The van der Waals surface area contributed by atoms with Crippen LogP contribution in [0, 0.1) is 12.3 Å². The molecule has 0 aromatic rings. The quantitative estimate of drug-likeness (QED) is 0.444. The smallest absolute Gasteiger partial charge is 0.240 e. The Morgan fingerprint density at radius 3 is 2.50 bits per heavy atom. The highest BCUT2D eigenvalue weighted by Gasteiger charge is 2.34. The number of β-amino-alcohol motifs (C(OH)–C–C–N with tert-alkyl or cyclic N) is 2. The summed E-state index contributed by atoms with van der Waals surface area (Å²) in [6.45, 7) is 0.247. The summed E-state index contributed by atoms with van der Waals surface area (Å²) in [5, 5.41) is 18.4. The highest BCUT2D eigenvalue weighted by atomic mass is 16.3. The molecule has 14 heavy (non-hydrogen) atoms. The zero-order valence-electron chi connectivity index (χ0n) is 7.76. The van der Waals surface area contributed by atoms with Crippen LogP contribution in [0.3, 0.4) is 0 Å². The molecule has 0 saturated carbocycles. The molecule has 1 aliphatic heterocycles. The van der Waals surface area contributed by atoms with Crippen LogP contribution in [0.25, 0.3) is 0 Å². The number of likely N-dealkylation sites (tertiary alicyclic amines) is 1. The van der Waals surface area contributed by atoms with Crippen molar-refractivity contribution in [2.45, 2.75) is 24.7 Å². The SMILES string of the molecule is C#CCC(N)C(=O)N1CC(O)C(O)C1. The molecule has 4 N–H and O–H groups in total. The first-order chi connectivity index (χ1) is 6.56. The van der Waals surface area contributed by atoms with E-state index in [1.165, 1.54) is 4.90 Å². The van der Waals surface area contributed by atoms with Crippen LogP contribution in [0.4, 0.5) is 0 Å². The zero-order chi connectivity index (χ0) is 10.7. The van der Waals surface area contributed by atoms with E-state index in [1.807, 2.05) is 0 Å². The lowest BCUT2D eigenvalue weighted by Crippen LogP contribution is -2.43. The number of amides is 1. The molecule has 3 unspecified atom stereocenters. The van der Waals surface area contributed by atoms with Crippen LogP contribution in [0.15, 0.2) is 0 Å². The van der Waals surface area contributed by atoms with Gasteiger partial charge >= 0.3 is 0 Å². The van der Waals surface area contributed by atoms with Gasteiger partial charge in [0, 0.05) is 19.5 Å². The van der Waals surface area contributed by atoms with E-state index in [2.05, 4.69) is 5.92 Å². The van der Waals surface area contributed by atoms with Crippen LogP contribution in [0.1, 0.15) is 6.42 Å². The van der Waals surface area contributed by atoms with Crippen molar-refractivity contribution in [3.05, 3.63) is 0 Å². The van der Waals surface area contributed by atoms with Gasteiger partial charge in [-0.25, -0.2) is 0 Å². The predicted molar refractivity (Wildman–Crippen MR) is 50.0 cm³/mol. The molecular formula is C9H14N2O3. The van der Waals surface area contributed by atoms with Crippen molar-refractivity contribution in [3.8, 4) is 12.3 Å². The van der Waals surface area contributed by atoms with Crippen molar-refractivity contribution in [3.63, 3.8) is 0 Å². The van der Waals surface area contributed by atoms with Gasteiger partial charge in [0.2, 0.25) is 5.91 Å². The van der Waals surface area contributed by atoms with Gasteiger partial charge in [0.25, 0.3) is 0 Å². The van der Waals surface area contributed by atoms with Gasteiger partial charge in [0.15, 0.2) is 0 Å². The molecule has 1 saturated heterocycles. The van der Waals surface area contributed by atoms with Crippen molar-refractivity contribution < 1.29 is 15.0 Å². The second-order valence-corrected chi connectivity index (χ2v) is 3.39. The average Bonchev–Trinajstić information content (AvgIpc) is 2.46. The lowest BCUT2D eigenvalue weighted by Gasteiger charge is -2.18. The molecule has 5 heteroatoms.